The quantitative estimate of drug-likeness (QED) is 0.418. The number of carbonyl (C=O) groups is 1. The van der Waals surface area contributed by atoms with Gasteiger partial charge < -0.3 is 11.2 Å². The molecule has 158 valence electrons. The number of rotatable bonds is 10. The van der Waals surface area contributed by atoms with Crippen LogP contribution < -0.4 is 16.6 Å². The van der Waals surface area contributed by atoms with E-state index in [2.05, 4.69) is 41.0 Å². The molecular weight excluding hydrogens is 386 g/mol. The first-order chi connectivity index (χ1) is 14.6. The first kappa shape index (κ1) is 21.0. The minimum Gasteiger partial charge on any atom is -0.378 e. The number of nitrogens with one attached hydrogen (secondary N) is 2. The van der Waals surface area contributed by atoms with Crippen LogP contribution in [0.15, 0.2) is 47.2 Å². The molecule has 0 atom stereocenters. The van der Waals surface area contributed by atoms with E-state index < -0.39 is 5.91 Å². The Balaban J connectivity index is 1.71. The minimum absolute atomic E-state index is 0.0645. The Morgan fingerprint density at radius 2 is 2.00 bits per heavy atom. The number of allylic oxidation sites excluding steroid dienone is 1. The maximum atomic E-state index is 12.7. The molecule has 0 aliphatic rings. The average molecular weight is 411 g/mol. The summed E-state index contributed by atoms with van der Waals surface area (Å²) in [5.41, 5.74) is 13.0. The molecule has 0 saturated carbocycles. The van der Waals surface area contributed by atoms with Gasteiger partial charge in [-0.2, -0.15) is 4.68 Å². The van der Waals surface area contributed by atoms with Crippen LogP contribution in [0.5, 0.6) is 0 Å². The summed E-state index contributed by atoms with van der Waals surface area (Å²) in [6, 6.07) is 10.0. The third-order valence-corrected chi connectivity index (χ3v) is 4.53. The van der Waals surface area contributed by atoms with E-state index in [-0.39, 0.29) is 17.3 Å². The second kappa shape index (κ2) is 10.2. The minimum atomic E-state index is -0.428. The van der Waals surface area contributed by atoms with Crippen LogP contribution in [0.4, 0.5) is 5.82 Å². The molecule has 0 aliphatic carbocycles. The molecule has 0 fully saturated rings. The van der Waals surface area contributed by atoms with E-state index in [0.29, 0.717) is 12.2 Å². The van der Waals surface area contributed by atoms with Crippen molar-refractivity contribution in [2.75, 3.05) is 18.8 Å². The molecular formula is C19H25N9O2. The number of hydrogen-bond donors (Lipinski definition) is 3. The molecule has 0 spiro atoms. The summed E-state index contributed by atoms with van der Waals surface area (Å²) < 4.78 is 6.04. The number of nitrogens with zero attached hydrogens (tertiary/aromatic N) is 6. The van der Waals surface area contributed by atoms with Crippen molar-refractivity contribution in [1.29, 1.82) is 0 Å². The Labute approximate surface area is 173 Å². The van der Waals surface area contributed by atoms with E-state index in [1.54, 1.807) is 6.20 Å². The van der Waals surface area contributed by atoms with Crippen LogP contribution in [-0.4, -0.2) is 49.2 Å². The molecule has 2 aromatic heterocycles. The van der Waals surface area contributed by atoms with Gasteiger partial charge in [0.15, 0.2) is 5.69 Å². The van der Waals surface area contributed by atoms with E-state index >= 15 is 0 Å². The highest BCUT2D eigenvalue weighted by Crippen LogP contribution is 2.17. The fourth-order valence-corrected chi connectivity index (χ4v) is 2.82. The molecule has 11 nitrogen and oxygen atoms in total. The van der Waals surface area contributed by atoms with Crippen molar-refractivity contribution in [3.63, 3.8) is 0 Å². The second-order valence-electron chi connectivity index (χ2n) is 6.42. The van der Waals surface area contributed by atoms with Gasteiger partial charge in [0.1, 0.15) is 0 Å². The Bertz CT molecular complexity index is 977. The zero-order chi connectivity index (χ0) is 21.3. The standard InChI is InChI=1S/C19H25N9O2/c1-3-27(4-2)13-15-16(22-26-28(15)18-17(20)24-30-25-18)19(29)23-21-12-8-11-14-9-6-5-7-10-14/h5-10,12,21H,3-4,11,13H2,1-2H3,(H2,20,24)(H,23,29). The van der Waals surface area contributed by atoms with Gasteiger partial charge in [0, 0.05) is 12.7 Å². The van der Waals surface area contributed by atoms with Crippen LogP contribution in [0.3, 0.4) is 0 Å². The number of anilines is 1. The molecule has 0 radical (unpaired) electrons. The SMILES string of the molecule is CCN(CC)Cc1c(C(=O)NNC=CCc2ccccc2)nnn1-c1nonc1N. The van der Waals surface area contributed by atoms with Gasteiger partial charge in [-0.05, 0) is 35.4 Å². The van der Waals surface area contributed by atoms with Crippen molar-refractivity contribution in [3.8, 4) is 5.82 Å². The molecule has 0 saturated heterocycles. The normalized spacial score (nSPS) is 11.3. The molecule has 0 unspecified atom stereocenters. The van der Waals surface area contributed by atoms with Crippen LogP contribution in [0.1, 0.15) is 35.6 Å². The van der Waals surface area contributed by atoms with Gasteiger partial charge in [-0.25, -0.2) is 4.63 Å². The number of aromatic nitrogens is 5. The fraction of sp³-hybridized carbons (Fsp3) is 0.316. The lowest BCUT2D eigenvalue weighted by atomic mass is 10.1. The van der Waals surface area contributed by atoms with E-state index in [1.165, 1.54) is 10.2 Å². The third-order valence-electron chi connectivity index (χ3n) is 4.53. The highest BCUT2D eigenvalue weighted by atomic mass is 16.6. The molecule has 3 rings (SSSR count). The molecule has 1 amide bonds. The van der Waals surface area contributed by atoms with Crippen LogP contribution >= 0.6 is 0 Å². The van der Waals surface area contributed by atoms with Gasteiger partial charge in [-0.1, -0.05) is 55.5 Å². The van der Waals surface area contributed by atoms with Crippen molar-refractivity contribution < 1.29 is 9.42 Å². The predicted octanol–water partition coefficient (Wildman–Crippen LogP) is 1.07. The maximum absolute atomic E-state index is 12.7. The fourth-order valence-electron chi connectivity index (χ4n) is 2.82. The molecule has 2 heterocycles. The number of hydrazine groups is 1. The molecule has 0 aliphatic heterocycles. The van der Waals surface area contributed by atoms with Crippen molar-refractivity contribution in [2.45, 2.75) is 26.8 Å². The first-order valence-corrected chi connectivity index (χ1v) is 9.64. The monoisotopic (exact) mass is 411 g/mol. The number of amides is 1. The van der Waals surface area contributed by atoms with Gasteiger partial charge >= 0.3 is 0 Å². The predicted molar refractivity (Wildman–Crippen MR) is 110 cm³/mol. The van der Waals surface area contributed by atoms with Gasteiger partial charge in [0.05, 0.1) is 5.69 Å². The van der Waals surface area contributed by atoms with Crippen LogP contribution in [0.25, 0.3) is 5.82 Å². The molecule has 11 heteroatoms. The molecule has 0 bridgehead atoms. The summed E-state index contributed by atoms with van der Waals surface area (Å²) >= 11 is 0. The van der Waals surface area contributed by atoms with Crippen molar-refractivity contribution in [2.24, 2.45) is 0 Å². The number of nitrogens with two attached hydrogens (primary N) is 1. The van der Waals surface area contributed by atoms with Crippen molar-refractivity contribution >= 4 is 11.7 Å². The number of carbonyl (C=O) groups excluding carboxylic acids is 1. The topological polar surface area (TPSA) is 140 Å². The van der Waals surface area contributed by atoms with Crippen molar-refractivity contribution in [1.82, 2.24) is 41.1 Å². The largest absolute Gasteiger partial charge is 0.378 e. The molecule has 30 heavy (non-hydrogen) atoms. The summed E-state index contributed by atoms with van der Waals surface area (Å²) in [6.07, 6.45) is 4.31. The van der Waals surface area contributed by atoms with Gasteiger partial charge in [-0.3, -0.25) is 15.1 Å². The summed E-state index contributed by atoms with van der Waals surface area (Å²) in [5.74, 6) is -0.170. The van der Waals surface area contributed by atoms with Crippen LogP contribution in [0.2, 0.25) is 0 Å². The van der Waals surface area contributed by atoms with Gasteiger partial charge in [0.25, 0.3) is 5.91 Å². The lowest BCUT2D eigenvalue weighted by Gasteiger charge is -2.18. The van der Waals surface area contributed by atoms with Crippen LogP contribution in [0, 0.1) is 0 Å². The summed E-state index contributed by atoms with van der Waals surface area (Å²) in [5, 5.41) is 15.4. The van der Waals surface area contributed by atoms with E-state index in [9.17, 15) is 4.79 Å². The Morgan fingerprint density at radius 3 is 2.67 bits per heavy atom. The zero-order valence-corrected chi connectivity index (χ0v) is 16.9. The lowest BCUT2D eigenvalue weighted by molar-refractivity contribution is 0.0933. The van der Waals surface area contributed by atoms with E-state index in [4.69, 9.17) is 5.73 Å². The highest BCUT2D eigenvalue weighted by Gasteiger charge is 2.24. The molecule has 1 aromatic carbocycles. The second-order valence-corrected chi connectivity index (χ2v) is 6.42. The molecule has 3 aromatic rings. The number of hydrogen-bond acceptors (Lipinski definition) is 9. The summed E-state index contributed by atoms with van der Waals surface area (Å²) in [4.78, 5) is 14.8. The maximum Gasteiger partial charge on any atom is 0.292 e. The van der Waals surface area contributed by atoms with E-state index in [1.807, 2.05) is 50.3 Å². The zero-order valence-electron chi connectivity index (χ0n) is 16.9. The number of nitrogen functional groups attached to an aromatic ring is 1. The number of benzene rings is 1. The van der Waals surface area contributed by atoms with Crippen LogP contribution in [-0.2, 0) is 13.0 Å². The lowest BCUT2D eigenvalue weighted by Crippen LogP contribution is -2.35. The Morgan fingerprint density at radius 1 is 1.23 bits per heavy atom. The van der Waals surface area contributed by atoms with Gasteiger partial charge in [0.2, 0.25) is 11.6 Å². The Kier molecular flexibility index (Phi) is 7.11. The van der Waals surface area contributed by atoms with Gasteiger partial charge in [-0.15, -0.1) is 5.10 Å². The first-order valence-electron chi connectivity index (χ1n) is 9.64. The van der Waals surface area contributed by atoms with Crippen molar-refractivity contribution in [3.05, 3.63) is 59.6 Å². The smallest absolute Gasteiger partial charge is 0.292 e. The van der Waals surface area contributed by atoms with E-state index in [0.717, 1.165) is 19.5 Å². The third kappa shape index (κ3) is 5.00. The highest BCUT2D eigenvalue weighted by molar-refractivity contribution is 5.93. The summed E-state index contributed by atoms with van der Waals surface area (Å²) in [6.45, 7) is 6.06. The summed E-state index contributed by atoms with van der Waals surface area (Å²) in [7, 11) is 0. The molecule has 4 N–H and O–H groups in total. The average Bonchev–Trinajstić information content (AvgIpc) is 3.37. The Hall–Kier alpha value is -3.73.